The van der Waals surface area contributed by atoms with Crippen molar-refractivity contribution in [1.82, 2.24) is 4.57 Å². The van der Waals surface area contributed by atoms with Crippen molar-refractivity contribution in [3.63, 3.8) is 0 Å². The minimum Gasteiger partial charge on any atom is -0.466 e. The lowest BCUT2D eigenvalue weighted by atomic mass is 9.95. The van der Waals surface area contributed by atoms with Crippen LogP contribution in [0.25, 0.3) is 6.08 Å². The Labute approximate surface area is 178 Å². The Balaban J connectivity index is 2.01. The number of allylic oxidation sites excluding steroid dienone is 1. The number of fused-ring (bicyclic) bond motifs is 1. The van der Waals surface area contributed by atoms with E-state index in [1.54, 1.807) is 22.8 Å². The molecular weight excluding hydrogens is 456 g/mol. The molecule has 1 atom stereocenters. The Bertz CT molecular complexity index is 1280. The monoisotopic (exact) mass is 472 g/mol. The van der Waals surface area contributed by atoms with Crippen molar-refractivity contribution in [1.29, 1.82) is 0 Å². The van der Waals surface area contributed by atoms with Gasteiger partial charge in [0.1, 0.15) is 5.76 Å². The fourth-order valence-corrected chi connectivity index (χ4v) is 4.67. The van der Waals surface area contributed by atoms with Crippen LogP contribution in [0.2, 0.25) is 0 Å². The molecule has 1 aliphatic rings. The van der Waals surface area contributed by atoms with Crippen molar-refractivity contribution in [2.45, 2.75) is 19.4 Å². The number of hydrogen-bond acceptors (Lipinski definition) is 6. The lowest BCUT2D eigenvalue weighted by Crippen LogP contribution is -2.40. The predicted molar refractivity (Wildman–Crippen MR) is 113 cm³/mol. The molecule has 148 valence electrons. The molecular formula is C21H17BrN2O4S. The largest absolute Gasteiger partial charge is 0.466 e. The Kier molecular flexibility index (Phi) is 5.38. The zero-order valence-corrected chi connectivity index (χ0v) is 18.1. The lowest BCUT2D eigenvalue weighted by molar-refractivity contribution is -0.136. The topological polar surface area (TPSA) is 73.8 Å². The number of carbonyl (C=O) groups is 1. The van der Waals surface area contributed by atoms with Gasteiger partial charge in [0.2, 0.25) is 0 Å². The summed E-state index contributed by atoms with van der Waals surface area (Å²) in [5, 5.41) is 0. The number of aromatic nitrogens is 1. The molecule has 0 amide bonds. The summed E-state index contributed by atoms with van der Waals surface area (Å²) in [5.74, 6) is 0.0741. The molecule has 0 aliphatic carbocycles. The van der Waals surface area contributed by atoms with Crippen LogP contribution in [0.5, 0.6) is 0 Å². The second kappa shape index (κ2) is 7.96. The van der Waals surface area contributed by atoms with Crippen LogP contribution < -0.4 is 14.9 Å². The number of halogens is 1. The summed E-state index contributed by atoms with van der Waals surface area (Å²) in [6.07, 6.45) is 2.23. The summed E-state index contributed by atoms with van der Waals surface area (Å²) in [5.41, 5.74) is 1.61. The van der Waals surface area contributed by atoms with Crippen molar-refractivity contribution < 1.29 is 13.9 Å². The number of esters is 1. The molecule has 0 fully saturated rings. The number of hydrogen-bond donors (Lipinski definition) is 0. The van der Waals surface area contributed by atoms with Crippen molar-refractivity contribution in [2.75, 3.05) is 7.11 Å². The third-order valence-corrected chi connectivity index (χ3v) is 6.04. The average Bonchev–Trinajstić information content (AvgIpc) is 3.29. The first kappa shape index (κ1) is 19.6. The van der Waals surface area contributed by atoms with Gasteiger partial charge in [0.25, 0.3) is 5.56 Å². The van der Waals surface area contributed by atoms with E-state index in [1.807, 2.05) is 37.3 Å². The summed E-state index contributed by atoms with van der Waals surface area (Å²) < 4.78 is 13.2. The third-order valence-electron chi connectivity index (χ3n) is 4.63. The number of ether oxygens (including phenoxy) is 1. The highest BCUT2D eigenvalue weighted by atomic mass is 79.9. The molecule has 0 spiro atoms. The third kappa shape index (κ3) is 3.54. The van der Waals surface area contributed by atoms with Crippen LogP contribution in [0.3, 0.4) is 0 Å². The fourth-order valence-electron chi connectivity index (χ4n) is 3.35. The Hall–Kier alpha value is -2.71. The first-order valence-electron chi connectivity index (χ1n) is 8.97. The quantitative estimate of drug-likeness (QED) is 0.546. The molecule has 0 saturated carbocycles. The molecule has 0 saturated heterocycles. The van der Waals surface area contributed by atoms with E-state index in [1.165, 1.54) is 18.4 Å². The van der Waals surface area contributed by atoms with E-state index in [0.29, 0.717) is 37.5 Å². The zero-order chi connectivity index (χ0) is 20.5. The van der Waals surface area contributed by atoms with Crippen LogP contribution in [0, 0.1) is 0 Å². The first-order valence-corrected chi connectivity index (χ1v) is 10.6. The molecule has 6 nitrogen and oxygen atoms in total. The maximum Gasteiger partial charge on any atom is 0.338 e. The van der Waals surface area contributed by atoms with Crippen LogP contribution in [0.15, 0.2) is 72.6 Å². The summed E-state index contributed by atoms with van der Waals surface area (Å²) in [4.78, 5) is 31.1. The van der Waals surface area contributed by atoms with Crippen LogP contribution in [-0.2, 0) is 9.53 Å². The van der Waals surface area contributed by atoms with Gasteiger partial charge in [-0.15, -0.1) is 0 Å². The number of furan rings is 1. The second-order valence-electron chi connectivity index (χ2n) is 6.34. The summed E-state index contributed by atoms with van der Waals surface area (Å²) >= 11 is 4.54. The van der Waals surface area contributed by atoms with Crippen molar-refractivity contribution in [3.05, 3.63) is 89.4 Å². The van der Waals surface area contributed by atoms with Gasteiger partial charge in [-0.25, -0.2) is 9.79 Å². The molecule has 3 aromatic rings. The number of thiazole rings is 1. The molecule has 1 aliphatic heterocycles. The number of benzene rings is 1. The maximum atomic E-state index is 13.3. The highest BCUT2D eigenvalue weighted by Gasteiger charge is 2.33. The van der Waals surface area contributed by atoms with Gasteiger partial charge in [-0.3, -0.25) is 9.36 Å². The zero-order valence-electron chi connectivity index (χ0n) is 15.7. The van der Waals surface area contributed by atoms with Crippen LogP contribution in [0.1, 0.15) is 30.7 Å². The molecule has 0 bridgehead atoms. The van der Waals surface area contributed by atoms with Gasteiger partial charge in [0.15, 0.2) is 9.47 Å². The Morgan fingerprint density at radius 3 is 2.69 bits per heavy atom. The highest BCUT2D eigenvalue weighted by molar-refractivity contribution is 9.10. The first-order chi connectivity index (χ1) is 14.0. The van der Waals surface area contributed by atoms with Gasteiger partial charge in [-0.2, -0.15) is 0 Å². The number of methoxy groups -OCH3 is 1. The smallest absolute Gasteiger partial charge is 0.338 e. The van der Waals surface area contributed by atoms with Gasteiger partial charge >= 0.3 is 5.97 Å². The molecule has 0 radical (unpaired) electrons. The molecule has 0 unspecified atom stereocenters. The number of nitrogens with zero attached hydrogens (tertiary/aromatic N) is 2. The van der Waals surface area contributed by atoms with E-state index in [-0.39, 0.29) is 5.56 Å². The second-order valence-corrected chi connectivity index (χ2v) is 8.13. The fraction of sp³-hybridized carbons (Fsp3) is 0.190. The standard InChI is InChI=1S/C21H17BrN2O4S/c1-3-14-17(20(26)27-2)18(12-7-5-4-6-8-12)24-19(25)15(29-21(24)23-14)11-13-9-10-16(22)28-13/h4-11,18H,3H2,1-2H3/b15-11-/t18-/m0/s1. The lowest BCUT2D eigenvalue weighted by Gasteiger charge is -2.25. The summed E-state index contributed by atoms with van der Waals surface area (Å²) in [7, 11) is 1.34. The molecule has 8 heteroatoms. The highest BCUT2D eigenvalue weighted by Crippen LogP contribution is 2.31. The van der Waals surface area contributed by atoms with E-state index < -0.39 is 12.0 Å². The van der Waals surface area contributed by atoms with E-state index in [9.17, 15) is 9.59 Å². The molecule has 0 N–H and O–H groups in total. The van der Waals surface area contributed by atoms with Crippen molar-refractivity contribution in [2.24, 2.45) is 4.99 Å². The summed E-state index contributed by atoms with van der Waals surface area (Å²) in [6, 6.07) is 12.4. The normalized spacial score (nSPS) is 16.5. The minimum atomic E-state index is -0.597. The van der Waals surface area contributed by atoms with Crippen LogP contribution in [-0.4, -0.2) is 17.6 Å². The van der Waals surface area contributed by atoms with Crippen molar-refractivity contribution >= 4 is 39.3 Å². The Morgan fingerprint density at radius 1 is 1.31 bits per heavy atom. The molecule has 29 heavy (non-hydrogen) atoms. The van der Waals surface area contributed by atoms with Crippen molar-refractivity contribution in [3.8, 4) is 0 Å². The molecule has 4 rings (SSSR count). The van der Waals surface area contributed by atoms with E-state index in [0.717, 1.165) is 5.56 Å². The molecule has 3 heterocycles. The van der Waals surface area contributed by atoms with Gasteiger partial charge in [-0.05, 0) is 40.0 Å². The van der Waals surface area contributed by atoms with Gasteiger partial charge < -0.3 is 9.15 Å². The SMILES string of the molecule is CCC1=C(C(=O)OC)[C@H](c2ccccc2)n2c(s/c(=C\c3ccc(Br)o3)c2=O)=N1. The van der Waals surface area contributed by atoms with E-state index in [2.05, 4.69) is 20.9 Å². The maximum absolute atomic E-state index is 13.3. The predicted octanol–water partition coefficient (Wildman–Crippen LogP) is 3.15. The number of rotatable bonds is 4. The average molecular weight is 473 g/mol. The summed E-state index contributed by atoms with van der Waals surface area (Å²) in [6.45, 7) is 1.93. The van der Waals surface area contributed by atoms with Crippen LogP contribution >= 0.6 is 27.3 Å². The van der Waals surface area contributed by atoms with E-state index in [4.69, 9.17) is 9.15 Å². The Morgan fingerprint density at radius 2 is 2.07 bits per heavy atom. The van der Waals surface area contributed by atoms with E-state index >= 15 is 0 Å². The van der Waals surface area contributed by atoms with Gasteiger partial charge in [-0.1, -0.05) is 48.6 Å². The number of carbonyl (C=O) groups excluding carboxylic acids is 1. The minimum absolute atomic E-state index is 0.230. The van der Waals surface area contributed by atoms with Gasteiger partial charge in [0, 0.05) is 6.08 Å². The van der Waals surface area contributed by atoms with Gasteiger partial charge in [0.05, 0.1) is 29.0 Å². The molecule has 1 aromatic carbocycles. The molecule has 2 aromatic heterocycles. The van der Waals surface area contributed by atoms with Crippen LogP contribution in [0.4, 0.5) is 0 Å².